The van der Waals surface area contributed by atoms with Crippen LogP contribution in [0, 0.1) is 6.92 Å². The van der Waals surface area contributed by atoms with Crippen LogP contribution >= 0.6 is 10.7 Å². The van der Waals surface area contributed by atoms with Crippen LogP contribution in [0.1, 0.15) is 29.3 Å². The molecule has 0 heterocycles. The monoisotopic (exact) mass is 351 g/mol. The van der Waals surface area contributed by atoms with E-state index in [2.05, 4.69) is 5.32 Å². The maximum Gasteiger partial charge on any atom is 0.261 e. The van der Waals surface area contributed by atoms with Gasteiger partial charge in [0.1, 0.15) is 0 Å². The van der Waals surface area contributed by atoms with Gasteiger partial charge in [-0.05, 0) is 44.0 Å². The Morgan fingerprint density at radius 1 is 1.38 bits per heavy atom. The Kier molecular flexibility index (Phi) is 6.37. The zero-order valence-electron chi connectivity index (χ0n) is 12.1. The fourth-order valence-electron chi connectivity index (χ4n) is 1.74. The van der Waals surface area contributed by atoms with Gasteiger partial charge in [0.05, 0.1) is 4.90 Å². The minimum Gasteiger partial charge on any atom is -0.350 e. The van der Waals surface area contributed by atoms with Crippen molar-refractivity contribution in [1.82, 2.24) is 5.32 Å². The largest absolute Gasteiger partial charge is 0.350 e. The van der Waals surface area contributed by atoms with Crippen LogP contribution in [-0.2, 0) is 19.9 Å². The second kappa shape index (κ2) is 7.38. The highest BCUT2D eigenvalue weighted by atomic mass is 35.7. The number of halogens is 1. The molecule has 0 spiro atoms. The number of rotatable bonds is 6. The van der Waals surface area contributed by atoms with E-state index in [1.54, 1.807) is 26.2 Å². The SMILES string of the molecule is Cc1cc(C(=O)NC(C)CCS(C)=O)cc(S(=O)(=O)Cl)c1. The first-order valence-electron chi connectivity index (χ1n) is 6.27. The molecule has 0 fully saturated rings. The Hall–Kier alpha value is -0.920. The van der Waals surface area contributed by atoms with Gasteiger partial charge in [-0.1, -0.05) is 0 Å². The third-order valence-corrected chi connectivity index (χ3v) is 4.95. The summed E-state index contributed by atoms with van der Waals surface area (Å²) in [5, 5.41) is 2.75. The molecule has 0 aromatic heterocycles. The minimum atomic E-state index is -3.88. The maximum absolute atomic E-state index is 12.1. The molecule has 5 nitrogen and oxygen atoms in total. The molecule has 0 bridgehead atoms. The van der Waals surface area contributed by atoms with Crippen molar-refractivity contribution in [3.63, 3.8) is 0 Å². The lowest BCUT2D eigenvalue weighted by Crippen LogP contribution is -2.33. The molecule has 1 aromatic carbocycles. The Morgan fingerprint density at radius 3 is 2.52 bits per heavy atom. The number of hydrogen-bond donors (Lipinski definition) is 1. The number of benzene rings is 1. The summed E-state index contributed by atoms with van der Waals surface area (Å²) in [7, 11) is 0.512. The van der Waals surface area contributed by atoms with E-state index in [4.69, 9.17) is 10.7 Å². The summed E-state index contributed by atoms with van der Waals surface area (Å²) in [5.74, 6) is 0.117. The molecule has 8 heteroatoms. The summed E-state index contributed by atoms with van der Waals surface area (Å²) < 4.78 is 33.7. The van der Waals surface area contributed by atoms with Crippen LogP contribution in [-0.4, -0.2) is 36.6 Å². The lowest BCUT2D eigenvalue weighted by molar-refractivity contribution is 0.0939. The lowest BCUT2D eigenvalue weighted by Gasteiger charge is -2.14. The van der Waals surface area contributed by atoms with E-state index in [1.807, 2.05) is 0 Å². The molecule has 1 aromatic rings. The molecule has 0 saturated heterocycles. The van der Waals surface area contributed by atoms with Crippen molar-refractivity contribution in [2.24, 2.45) is 0 Å². The average Bonchev–Trinajstić information content (AvgIpc) is 2.34. The predicted octanol–water partition coefficient (Wildman–Crippen LogP) is 1.81. The first-order chi connectivity index (χ1) is 9.59. The van der Waals surface area contributed by atoms with E-state index >= 15 is 0 Å². The fraction of sp³-hybridized carbons (Fsp3) is 0.462. The van der Waals surface area contributed by atoms with Crippen LogP contribution in [0.5, 0.6) is 0 Å². The van der Waals surface area contributed by atoms with Gasteiger partial charge in [-0.25, -0.2) is 8.42 Å². The van der Waals surface area contributed by atoms with Crippen LogP contribution < -0.4 is 5.32 Å². The van der Waals surface area contributed by atoms with Gasteiger partial charge >= 0.3 is 0 Å². The Balaban J connectivity index is 2.88. The maximum atomic E-state index is 12.1. The van der Waals surface area contributed by atoms with Crippen LogP contribution in [0.3, 0.4) is 0 Å². The molecule has 0 aliphatic heterocycles. The molecule has 0 aliphatic carbocycles. The second-order valence-electron chi connectivity index (χ2n) is 4.91. The summed E-state index contributed by atoms with van der Waals surface area (Å²) in [6.07, 6.45) is 2.19. The van der Waals surface area contributed by atoms with E-state index in [-0.39, 0.29) is 22.4 Å². The van der Waals surface area contributed by atoms with Gasteiger partial charge in [-0.3, -0.25) is 9.00 Å². The molecule has 118 valence electrons. The summed E-state index contributed by atoms with van der Waals surface area (Å²) in [6.45, 7) is 3.49. The molecular weight excluding hydrogens is 334 g/mol. The molecule has 0 radical (unpaired) electrons. The number of carbonyl (C=O) groups excluding carboxylic acids is 1. The first-order valence-corrected chi connectivity index (χ1v) is 10.3. The Morgan fingerprint density at radius 2 is 2.00 bits per heavy atom. The van der Waals surface area contributed by atoms with E-state index in [9.17, 15) is 17.4 Å². The highest BCUT2D eigenvalue weighted by molar-refractivity contribution is 8.13. The second-order valence-corrected chi connectivity index (χ2v) is 9.03. The first kappa shape index (κ1) is 18.1. The number of aryl methyl sites for hydroxylation is 1. The molecule has 2 unspecified atom stereocenters. The number of hydrogen-bond acceptors (Lipinski definition) is 4. The van der Waals surface area contributed by atoms with Crippen molar-refractivity contribution in [3.8, 4) is 0 Å². The van der Waals surface area contributed by atoms with Gasteiger partial charge in [0.2, 0.25) is 0 Å². The molecule has 0 saturated carbocycles. The van der Waals surface area contributed by atoms with E-state index < -0.39 is 19.9 Å². The van der Waals surface area contributed by atoms with Crippen molar-refractivity contribution in [1.29, 1.82) is 0 Å². The zero-order valence-corrected chi connectivity index (χ0v) is 14.4. The van der Waals surface area contributed by atoms with Crippen LogP contribution in [0.25, 0.3) is 0 Å². The summed E-state index contributed by atoms with van der Waals surface area (Å²) in [5.41, 5.74) is 0.864. The van der Waals surface area contributed by atoms with Gasteiger partial charge in [-0.2, -0.15) is 0 Å². The Labute approximate surface area is 132 Å². The molecular formula is C13H18ClNO4S2. The zero-order chi connectivity index (χ0) is 16.2. The number of nitrogens with one attached hydrogen (secondary N) is 1. The van der Waals surface area contributed by atoms with Gasteiger partial charge in [0.25, 0.3) is 15.0 Å². The Bertz CT molecular complexity index is 658. The predicted molar refractivity (Wildman–Crippen MR) is 84.7 cm³/mol. The van der Waals surface area contributed by atoms with Crippen molar-refractivity contribution in [2.45, 2.75) is 31.2 Å². The van der Waals surface area contributed by atoms with Gasteiger partial charge in [-0.15, -0.1) is 0 Å². The fourth-order valence-corrected chi connectivity index (χ4v) is 3.29. The molecule has 1 rings (SSSR count). The summed E-state index contributed by atoms with van der Waals surface area (Å²) >= 11 is 0. The quantitative estimate of drug-likeness (QED) is 0.792. The standard InChI is InChI=1S/C13H18ClNO4S2/c1-9-6-11(8-12(7-9)21(14,18)19)13(16)15-10(2)4-5-20(3)17/h6-8,10H,4-5H2,1-3H3,(H,15,16). The third kappa shape index (κ3) is 6.15. The molecule has 1 amide bonds. The van der Waals surface area contributed by atoms with Crippen LogP contribution in [0.15, 0.2) is 23.1 Å². The topological polar surface area (TPSA) is 80.3 Å². The smallest absolute Gasteiger partial charge is 0.261 e. The summed E-state index contributed by atoms with van der Waals surface area (Å²) in [6, 6.07) is 4.09. The third-order valence-electron chi connectivity index (χ3n) is 2.81. The van der Waals surface area contributed by atoms with E-state index in [1.165, 1.54) is 12.1 Å². The number of carbonyl (C=O) groups is 1. The highest BCUT2D eigenvalue weighted by Gasteiger charge is 2.16. The molecule has 21 heavy (non-hydrogen) atoms. The van der Waals surface area contributed by atoms with Crippen molar-refractivity contribution >= 4 is 36.4 Å². The van der Waals surface area contributed by atoms with Crippen molar-refractivity contribution in [3.05, 3.63) is 29.3 Å². The normalized spacial score (nSPS) is 14.5. The molecule has 1 N–H and O–H groups in total. The van der Waals surface area contributed by atoms with Crippen LogP contribution in [0.4, 0.5) is 0 Å². The van der Waals surface area contributed by atoms with Gasteiger partial charge in [0.15, 0.2) is 0 Å². The lowest BCUT2D eigenvalue weighted by atomic mass is 10.1. The number of amides is 1. The highest BCUT2D eigenvalue weighted by Crippen LogP contribution is 2.19. The van der Waals surface area contributed by atoms with Crippen LogP contribution in [0.2, 0.25) is 0 Å². The molecule has 0 aliphatic rings. The van der Waals surface area contributed by atoms with Gasteiger partial charge < -0.3 is 5.32 Å². The van der Waals surface area contributed by atoms with Crippen molar-refractivity contribution < 1.29 is 17.4 Å². The van der Waals surface area contributed by atoms with Gasteiger partial charge in [0, 0.05) is 45.1 Å². The molecule has 2 atom stereocenters. The summed E-state index contributed by atoms with van der Waals surface area (Å²) in [4.78, 5) is 12.0. The average molecular weight is 352 g/mol. The van der Waals surface area contributed by atoms with E-state index in [0.29, 0.717) is 17.7 Å². The minimum absolute atomic E-state index is 0.100. The van der Waals surface area contributed by atoms with E-state index in [0.717, 1.165) is 0 Å². The van der Waals surface area contributed by atoms with Crippen molar-refractivity contribution in [2.75, 3.05) is 12.0 Å².